The highest BCUT2D eigenvalue weighted by atomic mass is 16.7. The van der Waals surface area contributed by atoms with Gasteiger partial charge in [-0.15, -0.1) is 0 Å². The van der Waals surface area contributed by atoms with Crippen molar-refractivity contribution in [2.24, 2.45) is 0 Å². The highest BCUT2D eigenvalue weighted by Crippen LogP contribution is 2.00. The van der Waals surface area contributed by atoms with Gasteiger partial charge in [0.2, 0.25) is 5.91 Å². The minimum atomic E-state index is -0.165. The quantitative estimate of drug-likeness (QED) is 0.574. The summed E-state index contributed by atoms with van der Waals surface area (Å²) in [6.45, 7) is 7.24. The molecule has 0 aromatic heterocycles. The highest BCUT2D eigenvalue weighted by Gasteiger charge is 2.16. The first kappa shape index (κ1) is 10.4. The van der Waals surface area contributed by atoms with Crippen LogP contribution < -0.4 is 10.8 Å². The van der Waals surface area contributed by atoms with Crippen molar-refractivity contribution in [1.29, 1.82) is 0 Å². The molecule has 0 aliphatic carbocycles. The molecule has 1 aliphatic rings. The van der Waals surface area contributed by atoms with Crippen LogP contribution >= 0.6 is 0 Å². The molecule has 0 bridgehead atoms. The molecule has 0 radical (unpaired) electrons. The van der Waals surface area contributed by atoms with Crippen molar-refractivity contribution in [2.75, 3.05) is 26.2 Å². The molecule has 5 heteroatoms. The van der Waals surface area contributed by atoms with E-state index in [9.17, 15) is 4.79 Å². The smallest absolute Gasteiger partial charge is 0.240 e. The minimum absolute atomic E-state index is 0.0500. The van der Waals surface area contributed by atoms with E-state index in [0.29, 0.717) is 0 Å². The van der Waals surface area contributed by atoms with Gasteiger partial charge in [-0.25, -0.2) is 5.48 Å². The van der Waals surface area contributed by atoms with E-state index in [1.54, 1.807) is 0 Å². The van der Waals surface area contributed by atoms with Crippen LogP contribution in [0.3, 0.4) is 0 Å². The average molecular weight is 187 g/mol. The van der Waals surface area contributed by atoms with Crippen LogP contribution in [0.1, 0.15) is 13.8 Å². The molecule has 1 unspecified atom stereocenters. The van der Waals surface area contributed by atoms with Gasteiger partial charge in [-0.3, -0.25) is 14.5 Å². The molecule has 13 heavy (non-hydrogen) atoms. The second kappa shape index (κ2) is 5.16. The summed E-state index contributed by atoms with van der Waals surface area (Å²) in [5.74, 6) is -0.165. The zero-order valence-electron chi connectivity index (χ0n) is 8.17. The standard InChI is InChI=1S/C8H17N3O2/c1-7(12)10-13-8(2)11-5-3-9-4-6-11/h8-9H,3-6H2,1-2H3,(H,10,12). The first-order valence-corrected chi connectivity index (χ1v) is 4.57. The lowest BCUT2D eigenvalue weighted by molar-refractivity contribution is -0.148. The van der Waals surface area contributed by atoms with Crippen molar-refractivity contribution in [1.82, 2.24) is 15.7 Å². The Morgan fingerprint density at radius 1 is 1.54 bits per heavy atom. The Bertz CT molecular complexity index is 169. The molecule has 76 valence electrons. The van der Waals surface area contributed by atoms with Gasteiger partial charge < -0.3 is 5.32 Å². The SMILES string of the molecule is CC(=O)NOC(C)N1CCNCC1. The van der Waals surface area contributed by atoms with Crippen molar-refractivity contribution in [3.05, 3.63) is 0 Å². The summed E-state index contributed by atoms with van der Waals surface area (Å²) in [6, 6.07) is 0. The fraction of sp³-hybridized carbons (Fsp3) is 0.875. The Hall–Kier alpha value is -0.650. The summed E-state index contributed by atoms with van der Waals surface area (Å²) in [5, 5.41) is 3.25. The van der Waals surface area contributed by atoms with Crippen LogP contribution in [0.4, 0.5) is 0 Å². The van der Waals surface area contributed by atoms with Gasteiger partial charge in [0.15, 0.2) is 0 Å². The Balaban J connectivity index is 2.20. The number of hydrogen-bond acceptors (Lipinski definition) is 4. The number of carbonyl (C=O) groups is 1. The van der Waals surface area contributed by atoms with Crippen molar-refractivity contribution in [3.63, 3.8) is 0 Å². The normalized spacial score (nSPS) is 21.1. The van der Waals surface area contributed by atoms with Crippen molar-refractivity contribution >= 4 is 5.91 Å². The van der Waals surface area contributed by atoms with E-state index in [2.05, 4.69) is 15.7 Å². The Labute approximate surface area is 78.4 Å². The zero-order valence-corrected chi connectivity index (χ0v) is 8.17. The molecule has 0 aromatic rings. The van der Waals surface area contributed by atoms with E-state index in [-0.39, 0.29) is 12.1 Å². The predicted molar refractivity (Wildman–Crippen MR) is 48.8 cm³/mol. The highest BCUT2D eigenvalue weighted by molar-refractivity contribution is 5.71. The maximum Gasteiger partial charge on any atom is 0.240 e. The van der Waals surface area contributed by atoms with Gasteiger partial charge in [-0.1, -0.05) is 0 Å². The number of nitrogens with zero attached hydrogens (tertiary/aromatic N) is 1. The lowest BCUT2D eigenvalue weighted by atomic mass is 10.3. The Kier molecular flexibility index (Phi) is 4.14. The van der Waals surface area contributed by atoms with Gasteiger partial charge in [-0.05, 0) is 6.92 Å². The minimum Gasteiger partial charge on any atom is -0.314 e. The Morgan fingerprint density at radius 2 is 2.15 bits per heavy atom. The van der Waals surface area contributed by atoms with Crippen LogP contribution in [0.15, 0.2) is 0 Å². The molecule has 1 fully saturated rings. The third-order valence-electron chi connectivity index (χ3n) is 2.04. The van der Waals surface area contributed by atoms with Gasteiger partial charge in [0, 0.05) is 33.1 Å². The summed E-state index contributed by atoms with van der Waals surface area (Å²) in [5.41, 5.74) is 2.34. The van der Waals surface area contributed by atoms with Crippen molar-refractivity contribution in [3.8, 4) is 0 Å². The number of carbonyl (C=O) groups excluding carboxylic acids is 1. The number of hydrogen-bond donors (Lipinski definition) is 2. The van der Waals surface area contributed by atoms with Crippen LogP contribution in [-0.2, 0) is 9.63 Å². The first-order chi connectivity index (χ1) is 6.20. The summed E-state index contributed by atoms with van der Waals surface area (Å²) in [6.07, 6.45) is -0.0500. The van der Waals surface area contributed by atoms with E-state index >= 15 is 0 Å². The molecule has 1 rings (SSSR count). The number of hydroxylamine groups is 1. The number of amides is 1. The van der Waals surface area contributed by atoms with Gasteiger partial charge in [0.05, 0.1) is 0 Å². The number of piperazine rings is 1. The molecule has 5 nitrogen and oxygen atoms in total. The summed E-state index contributed by atoms with van der Waals surface area (Å²) in [7, 11) is 0. The molecule has 1 saturated heterocycles. The number of rotatable bonds is 3. The third kappa shape index (κ3) is 3.71. The van der Waals surface area contributed by atoms with E-state index in [0.717, 1.165) is 26.2 Å². The lowest BCUT2D eigenvalue weighted by Crippen LogP contribution is -2.49. The van der Waals surface area contributed by atoms with Gasteiger partial charge in [0.25, 0.3) is 0 Å². The molecular formula is C8H17N3O2. The molecule has 1 heterocycles. The van der Waals surface area contributed by atoms with E-state index in [4.69, 9.17) is 4.84 Å². The fourth-order valence-electron chi connectivity index (χ4n) is 1.29. The largest absolute Gasteiger partial charge is 0.314 e. The fourth-order valence-corrected chi connectivity index (χ4v) is 1.29. The molecule has 1 amide bonds. The molecule has 1 aliphatic heterocycles. The second-order valence-corrected chi connectivity index (χ2v) is 3.16. The monoisotopic (exact) mass is 187 g/mol. The molecule has 0 saturated carbocycles. The van der Waals surface area contributed by atoms with Crippen LogP contribution in [0, 0.1) is 0 Å². The van der Waals surface area contributed by atoms with Gasteiger partial charge in [0.1, 0.15) is 6.23 Å². The third-order valence-corrected chi connectivity index (χ3v) is 2.04. The molecular weight excluding hydrogens is 170 g/mol. The van der Waals surface area contributed by atoms with Crippen molar-refractivity contribution < 1.29 is 9.63 Å². The van der Waals surface area contributed by atoms with Gasteiger partial charge in [-0.2, -0.15) is 0 Å². The van der Waals surface area contributed by atoms with Crippen LogP contribution in [0.25, 0.3) is 0 Å². The zero-order chi connectivity index (χ0) is 9.68. The van der Waals surface area contributed by atoms with Crippen LogP contribution in [0.2, 0.25) is 0 Å². The van der Waals surface area contributed by atoms with Crippen LogP contribution in [0.5, 0.6) is 0 Å². The molecule has 0 aromatic carbocycles. The predicted octanol–water partition coefficient (Wildman–Crippen LogP) is -0.695. The summed E-state index contributed by atoms with van der Waals surface area (Å²) in [4.78, 5) is 17.9. The van der Waals surface area contributed by atoms with E-state index < -0.39 is 0 Å². The van der Waals surface area contributed by atoms with Crippen molar-refractivity contribution in [2.45, 2.75) is 20.1 Å². The topological polar surface area (TPSA) is 53.6 Å². The number of nitrogens with one attached hydrogen (secondary N) is 2. The Morgan fingerprint density at radius 3 is 2.69 bits per heavy atom. The average Bonchev–Trinajstić information content (AvgIpc) is 2.15. The van der Waals surface area contributed by atoms with E-state index in [1.807, 2.05) is 6.92 Å². The van der Waals surface area contributed by atoms with E-state index in [1.165, 1.54) is 6.92 Å². The maximum absolute atomic E-state index is 10.6. The molecule has 0 spiro atoms. The van der Waals surface area contributed by atoms with Crippen LogP contribution in [-0.4, -0.2) is 43.2 Å². The second-order valence-electron chi connectivity index (χ2n) is 3.16. The lowest BCUT2D eigenvalue weighted by Gasteiger charge is -2.31. The molecule has 2 N–H and O–H groups in total. The van der Waals surface area contributed by atoms with Gasteiger partial charge >= 0.3 is 0 Å². The summed E-state index contributed by atoms with van der Waals surface area (Å²) >= 11 is 0. The molecule has 1 atom stereocenters. The maximum atomic E-state index is 10.6. The first-order valence-electron chi connectivity index (χ1n) is 4.57. The summed E-state index contributed by atoms with van der Waals surface area (Å²) < 4.78 is 0.